The molecule has 3 heteroatoms. The Morgan fingerprint density at radius 1 is 0.968 bits per heavy atom. The van der Waals surface area contributed by atoms with Crippen molar-refractivity contribution in [2.75, 3.05) is 0 Å². The maximum Gasteiger partial charge on any atom is 0.150 e. The summed E-state index contributed by atoms with van der Waals surface area (Å²) in [6.07, 6.45) is 6.02. The van der Waals surface area contributed by atoms with E-state index in [1.54, 1.807) is 0 Å². The molecule has 1 aliphatic rings. The van der Waals surface area contributed by atoms with Crippen molar-refractivity contribution in [2.45, 2.75) is 19.3 Å². The smallest absolute Gasteiger partial charge is 0.150 e. The van der Waals surface area contributed by atoms with Crippen LogP contribution in [0.4, 0.5) is 0 Å². The maximum absolute atomic E-state index is 11.0. The largest absolute Gasteiger partial charge is 0.313 e. The van der Waals surface area contributed by atoms with Crippen LogP contribution in [-0.4, -0.2) is 10.9 Å². The number of carbonyl (C=O) groups is 1. The fraction of sp³-hybridized carbons (Fsp3) is 0.107. The van der Waals surface area contributed by atoms with Crippen molar-refractivity contribution in [3.63, 3.8) is 0 Å². The molecular weight excluding hydrogens is 446 g/mol. The normalized spacial score (nSPS) is 15.4. The second-order valence-electron chi connectivity index (χ2n) is 8.10. The number of rotatable bonds is 4. The highest BCUT2D eigenvalue weighted by Gasteiger charge is 2.25. The first-order valence-electron chi connectivity index (χ1n) is 10.4. The Morgan fingerprint density at radius 2 is 1.65 bits per heavy atom. The predicted molar refractivity (Wildman–Crippen MR) is 134 cm³/mol. The van der Waals surface area contributed by atoms with Crippen LogP contribution in [-0.2, 0) is 0 Å². The van der Waals surface area contributed by atoms with Crippen LogP contribution in [0.2, 0.25) is 0 Å². The van der Waals surface area contributed by atoms with Crippen molar-refractivity contribution < 1.29 is 4.79 Å². The summed E-state index contributed by atoms with van der Waals surface area (Å²) < 4.78 is 3.63. The first-order valence-corrected chi connectivity index (χ1v) is 11.2. The molecule has 0 aliphatic heterocycles. The van der Waals surface area contributed by atoms with Gasteiger partial charge in [0, 0.05) is 33.8 Å². The van der Waals surface area contributed by atoms with Crippen LogP contribution >= 0.6 is 15.9 Å². The van der Waals surface area contributed by atoms with Gasteiger partial charge in [-0.05, 0) is 57.9 Å². The Kier molecular flexibility index (Phi) is 4.99. The number of carbonyl (C=O) groups excluding carboxylic acids is 1. The summed E-state index contributed by atoms with van der Waals surface area (Å²) in [6, 6.07) is 23.0. The highest BCUT2D eigenvalue weighted by Crippen LogP contribution is 2.43. The minimum Gasteiger partial charge on any atom is -0.313 e. The Bertz CT molecular complexity index is 1340. The van der Waals surface area contributed by atoms with Gasteiger partial charge < -0.3 is 4.57 Å². The lowest BCUT2D eigenvalue weighted by Crippen LogP contribution is -2.08. The van der Waals surface area contributed by atoms with Gasteiger partial charge in [0.25, 0.3) is 0 Å². The number of hydrogen-bond acceptors (Lipinski definition) is 1. The number of allylic oxidation sites excluding steroid dienone is 1. The lowest BCUT2D eigenvalue weighted by Gasteiger charge is -2.21. The summed E-state index contributed by atoms with van der Waals surface area (Å²) in [5.74, 6) is 0.399. The van der Waals surface area contributed by atoms with Gasteiger partial charge in [-0.1, -0.05) is 78.0 Å². The zero-order valence-electron chi connectivity index (χ0n) is 17.3. The van der Waals surface area contributed by atoms with Crippen LogP contribution in [0.5, 0.6) is 0 Å². The van der Waals surface area contributed by atoms with E-state index in [1.807, 2.05) is 30.3 Å². The van der Waals surface area contributed by atoms with Gasteiger partial charge in [-0.15, -0.1) is 0 Å². The zero-order valence-corrected chi connectivity index (χ0v) is 18.9. The van der Waals surface area contributed by atoms with Crippen LogP contribution in [0.1, 0.15) is 46.4 Å². The number of halogens is 1. The van der Waals surface area contributed by atoms with Gasteiger partial charge in [0.2, 0.25) is 0 Å². The van der Waals surface area contributed by atoms with Crippen LogP contribution in [0.3, 0.4) is 0 Å². The summed E-state index contributed by atoms with van der Waals surface area (Å²) in [5.41, 5.74) is 9.06. The molecule has 0 saturated heterocycles. The molecule has 2 nitrogen and oxygen atoms in total. The number of aromatic nitrogens is 1. The van der Waals surface area contributed by atoms with Crippen molar-refractivity contribution >= 4 is 45.3 Å². The molecule has 1 atom stereocenters. The van der Waals surface area contributed by atoms with E-state index in [0.717, 1.165) is 29.4 Å². The average molecular weight is 468 g/mol. The van der Waals surface area contributed by atoms with Gasteiger partial charge in [-0.2, -0.15) is 0 Å². The Labute approximate surface area is 190 Å². The van der Waals surface area contributed by atoms with Crippen LogP contribution in [0, 0.1) is 0 Å². The van der Waals surface area contributed by atoms with Gasteiger partial charge >= 0.3 is 0 Å². The lowest BCUT2D eigenvalue weighted by molar-refractivity contribution is 0.112. The Balaban J connectivity index is 1.76. The second-order valence-corrected chi connectivity index (χ2v) is 9.12. The molecule has 0 bridgehead atoms. The standard InChI is InChI=1S/C28H22BrNO/c1-3-19-6-11-24(12-7-19)30-27-13-10-22(21-8-4-20(17-31)5-9-21)15-25(27)26-16-23(29)14-18(2)28(26)30/h3-13,15-18H,1,14H2,2H3. The van der Waals surface area contributed by atoms with Crippen molar-refractivity contribution in [3.05, 3.63) is 100 Å². The summed E-state index contributed by atoms with van der Waals surface area (Å²) in [7, 11) is 0. The zero-order chi connectivity index (χ0) is 21.5. The number of hydrogen-bond donors (Lipinski definition) is 0. The fourth-order valence-corrected chi connectivity index (χ4v) is 5.26. The third-order valence-electron chi connectivity index (χ3n) is 6.08. The predicted octanol–water partition coefficient (Wildman–Crippen LogP) is 8.00. The van der Waals surface area contributed by atoms with Crippen molar-refractivity contribution in [2.24, 2.45) is 0 Å². The molecule has 0 radical (unpaired) electrons. The van der Waals surface area contributed by atoms with E-state index in [-0.39, 0.29) is 0 Å². The molecule has 1 aliphatic carbocycles. The van der Waals surface area contributed by atoms with Crippen LogP contribution in [0.15, 0.2) is 77.8 Å². The van der Waals surface area contributed by atoms with Gasteiger partial charge in [0.1, 0.15) is 6.29 Å². The first-order chi connectivity index (χ1) is 15.1. The third-order valence-corrected chi connectivity index (χ3v) is 6.63. The molecule has 0 amide bonds. The molecule has 0 saturated carbocycles. The fourth-order valence-electron chi connectivity index (χ4n) is 4.55. The van der Waals surface area contributed by atoms with E-state index in [1.165, 1.54) is 32.3 Å². The van der Waals surface area contributed by atoms with Crippen molar-refractivity contribution in [3.8, 4) is 16.8 Å². The topological polar surface area (TPSA) is 22.0 Å². The molecule has 1 unspecified atom stereocenters. The minimum atomic E-state index is 0.399. The second kappa shape index (κ2) is 7.82. The lowest BCUT2D eigenvalue weighted by atomic mass is 9.92. The molecule has 31 heavy (non-hydrogen) atoms. The average Bonchev–Trinajstić information content (AvgIpc) is 3.13. The number of nitrogens with zero attached hydrogens (tertiary/aromatic N) is 1. The molecule has 3 aromatic carbocycles. The summed E-state index contributed by atoms with van der Waals surface area (Å²) in [4.78, 5) is 11.0. The molecule has 0 fully saturated rings. The molecule has 152 valence electrons. The molecular formula is C28H22BrNO. The molecule has 0 spiro atoms. The molecule has 4 aromatic rings. The highest BCUT2D eigenvalue weighted by atomic mass is 79.9. The Morgan fingerprint density at radius 3 is 2.32 bits per heavy atom. The maximum atomic E-state index is 11.0. The Hall–Kier alpha value is -3.17. The van der Waals surface area contributed by atoms with Crippen LogP contribution < -0.4 is 0 Å². The number of aldehydes is 1. The van der Waals surface area contributed by atoms with Gasteiger partial charge in [0.05, 0.1) is 5.52 Å². The van der Waals surface area contributed by atoms with Gasteiger partial charge in [-0.25, -0.2) is 0 Å². The SMILES string of the molecule is C=Cc1ccc(-n2c3c(c4cc(-c5ccc(C=O)cc5)ccc42)C=C(Br)CC3C)cc1. The van der Waals surface area contributed by atoms with E-state index < -0.39 is 0 Å². The number of benzene rings is 3. The minimum absolute atomic E-state index is 0.399. The summed E-state index contributed by atoms with van der Waals surface area (Å²) >= 11 is 3.76. The van der Waals surface area contributed by atoms with E-state index in [4.69, 9.17) is 0 Å². The van der Waals surface area contributed by atoms with E-state index in [0.29, 0.717) is 11.5 Å². The molecule has 5 rings (SSSR count). The van der Waals surface area contributed by atoms with Crippen LogP contribution in [0.25, 0.3) is 39.9 Å². The first kappa shape index (κ1) is 19.8. The molecule has 1 aromatic heterocycles. The van der Waals surface area contributed by atoms with E-state index in [9.17, 15) is 4.79 Å². The monoisotopic (exact) mass is 467 g/mol. The third kappa shape index (κ3) is 3.39. The summed E-state index contributed by atoms with van der Waals surface area (Å²) in [6.45, 7) is 6.17. The quantitative estimate of drug-likeness (QED) is 0.278. The molecule has 1 heterocycles. The van der Waals surface area contributed by atoms with Gasteiger partial charge in [-0.3, -0.25) is 4.79 Å². The molecule has 0 N–H and O–H groups in total. The van der Waals surface area contributed by atoms with Crippen molar-refractivity contribution in [1.29, 1.82) is 0 Å². The summed E-state index contributed by atoms with van der Waals surface area (Å²) in [5, 5.41) is 1.24. The van der Waals surface area contributed by atoms with Crippen molar-refractivity contribution in [1.82, 2.24) is 4.57 Å². The highest BCUT2D eigenvalue weighted by molar-refractivity contribution is 9.11. The number of fused-ring (bicyclic) bond motifs is 3. The van der Waals surface area contributed by atoms with E-state index in [2.05, 4.69) is 82.5 Å². The van der Waals surface area contributed by atoms with Gasteiger partial charge in [0.15, 0.2) is 0 Å². The van der Waals surface area contributed by atoms with E-state index >= 15 is 0 Å².